The molecule has 0 aromatic heterocycles. The molecule has 0 atom stereocenters. The third-order valence-corrected chi connectivity index (χ3v) is 4.71. The van der Waals surface area contributed by atoms with Crippen LogP contribution >= 0.6 is 0 Å². The molecule has 30 heavy (non-hydrogen) atoms. The number of sulfonamides is 1. The van der Waals surface area contributed by atoms with Crippen LogP contribution < -0.4 is 20.0 Å². The van der Waals surface area contributed by atoms with Crippen molar-refractivity contribution in [3.05, 3.63) is 52.1 Å². The number of nitro benzene ring substituents is 1. The number of primary sulfonamides is 1. The Hall–Kier alpha value is -3.18. The minimum atomic E-state index is -4.06. The molecule has 2 aromatic rings. The number of ether oxygens (including phenoxy) is 2. The number of nitro groups is 1. The van der Waals surface area contributed by atoms with Gasteiger partial charge in [0.1, 0.15) is 17.2 Å². The lowest BCUT2D eigenvalue weighted by Gasteiger charge is -2.11. The Morgan fingerprint density at radius 3 is 2.47 bits per heavy atom. The minimum Gasteiger partial charge on any atom is -0.493 e. The van der Waals surface area contributed by atoms with Crippen LogP contribution in [0.3, 0.4) is 0 Å². The van der Waals surface area contributed by atoms with Gasteiger partial charge in [-0.05, 0) is 37.1 Å². The summed E-state index contributed by atoms with van der Waals surface area (Å²) < 4.78 is 34.2. The van der Waals surface area contributed by atoms with Gasteiger partial charge in [0.25, 0.3) is 5.69 Å². The summed E-state index contributed by atoms with van der Waals surface area (Å²) in [6, 6.07) is 8.57. The number of benzene rings is 2. The molecule has 0 aliphatic carbocycles. The van der Waals surface area contributed by atoms with Gasteiger partial charge >= 0.3 is 0 Å². The van der Waals surface area contributed by atoms with Crippen LogP contribution in [0.4, 0.5) is 11.4 Å². The van der Waals surface area contributed by atoms with Crippen LogP contribution in [0.25, 0.3) is 0 Å². The monoisotopic (exact) mass is 436 g/mol. The van der Waals surface area contributed by atoms with E-state index in [1.807, 2.05) is 13.8 Å². The number of nitrogens with zero attached hydrogens (tertiary/aromatic N) is 2. The Bertz CT molecular complexity index is 1020. The second-order valence-corrected chi connectivity index (χ2v) is 7.81. The zero-order valence-electron chi connectivity index (χ0n) is 16.7. The van der Waals surface area contributed by atoms with E-state index in [9.17, 15) is 18.5 Å². The molecule has 0 radical (unpaired) electrons. The molecule has 0 fully saturated rings. The van der Waals surface area contributed by atoms with Crippen molar-refractivity contribution in [1.29, 1.82) is 0 Å². The van der Waals surface area contributed by atoms with E-state index in [0.29, 0.717) is 30.3 Å². The van der Waals surface area contributed by atoms with E-state index in [1.54, 1.807) is 18.2 Å². The van der Waals surface area contributed by atoms with Crippen molar-refractivity contribution in [2.24, 2.45) is 10.2 Å². The van der Waals surface area contributed by atoms with Gasteiger partial charge in [-0.3, -0.25) is 15.5 Å². The molecule has 0 amide bonds. The van der Waals surface area contributed by atoms with Crippen molar-refractivity contribution < 1.29 is 22.8 Å². The Balaban J connectivity index is 2.26. The smallest absolute Gasteiger partial charge is 0.295 e. The highest BCUT2D eigenvalue weighted by Gasteiger charge is 2.18. The molecule has 11 heteroatoms. The van der Waals surface area contributed by atoms with Crippen LogP contribution in [0.15, 0.2) is 46.4 Å². The van der Waals surface area contributed by atoms with E-state index >= 15 is 0 Å². The van der Waals surface area contributed by atoms with Gasteiger partial charge in [0, 0.05) is 17.7 Å². The quantitative estimate of drug-likeness (QED) is 0.312. The van der Waals surface area contributed by atoms with Crippen LogP contribution in [0, 0.1) is 10.1 Å². The largest absolute Gasteiger partial charge is 0.493 e. The van der Waals surface area contributed by atoms with Gasteiger partial charge in [0.15, 0.2) is 0 Å². The van der Waals surface area contributed by atoms with Crippen molar-refractivity contribution in [2.45, 2.75) is 31.6 Å². The fourth-order valence-electron chi connectivity index (χ4n) is 2.37. The second-order valence-electron chi connectivity index (χ2n) is 6.25. The topological polar surface area (TPSA) is 146 Å². The van der Waals surface area contributed by atoms with Crippen LogP contribution in [-0.4, -0.2) is 32.8 Å². The van der Waals surface area contributed by atoms with Crippen molar-refractivity contribution in [1.82, 2.24) is 0 Å². The number of hydrogen-bond acceptors (Lipinski definition) is 8. The molecule has 2 rings (SSSR count). The van der Waals surface area contributed by atoms with Gasteiger partial charge in [-0.1, -0.05) is 13.8 Å². The number of anilines is 1. The molecular formula is C19H24N4O6S. The third-order valence-electron chi connectivity index (χ3n) is 3.80. The van der Waals surface area contributed by atoms with Crippen LogP contribution in [0.1, 0.15) is 32.3 Å². The molecule has 0 bridgehead atoms. The summed E-state index contributed by atoms with van der Waals surface area (Å²) in [5, 5.41) is 20.3. The van der Waals surface area contributed by atoms with Gasteiger partial charge in [-0.25, -0.2) is 13.6 Å². The molecule has 0 aliphatic heterocycles. The first kappa shape index (κ1) is 23.1. The van der Waals surface area contributed by atoms with E-state index in [1.165, 1.54) is 12.3 Å². The molecule has 2 aromatic carbocycles. The average Bonchev–Trinajstić information content (AvgIpc) is 2.70. The summed E-state index contributed by atoms with van der Waals surface area (Å²) in [4.78, 5) is 10.2. The SMILES string of the molecule is CCCOc1ccc(/C=N/Nc2ccc(S(N)(=O)=O)cc2[N+](=O)[O-])c(OCCC)c1. The Morgan fingerprint density at radius 1 is 1.13 bits per heavy atom. The Morgan fingerprint density at radius 2 is 1.83 bits per heavy atom. The molecule has 162 valence electrons. The third kappa shape index (κ3) is 6.42. The Kier molecular flexibility index (Phi) is 8.13. The maximum Gasteiger partial charge on any atom is 0.295 e. The van der Waals surface area contributed by atoms with E-state index in [0.717, 1.165) is 25.0 Å². The number of nitrogens with one attached hydrogen (secondary N) is 1. The predicted octanol–water partition coefficient (Wildman–Crippen LogP) is 3.27. The molecule has 0 saturated carbocycles. The summed E-state index contributed by atoms with van der Waals surface area (Å²) >= 11 is 0. The van der Waals surface area contributed by atoms with Crippen molar-refractivity contribution in [2.75, 3.05) is 18.6 Å². The number of rotatable bonds is 11. The van der Waals surface area contributed by atoms with Crippen molar-refractivity contribution >= 4 is 27.6 Å². The molecule has 0 unspecified atom stereocenters. The van der Waals surface area contributed by atoms with Gasteiger partial charge in [0.2, 0.25) is 10.0 Å². The fraction of sp³-hybridized carbons (Fsp3) is 0.316. The van der Waals surface area contributed by atoms with Crippen LogP contribution in [0.5, 0.6) is 11.5 Å². The first-order valence-electron chi connectivity index (χ1n) is 9.26. The highest BCUT2D eigenvalue weighted by atomic mass is 32.2. The predicted molar refractivity (Wildman–Crippen MR) is 114 cm³/mol. The van der Waals surface area contributed by atoms with Crippen LogP contribution in [0.2, 0.25) is 0 Å². The normalized spacial score (nSPS) is 11.4. The number of hydrazone groups is 1. The van der Waals surface area contributed by atoms with Crippen LogP contribution in [-0.2, 0) is 10.0 Å². The maximum absolute atomic E-state index is 11.4. The second kappa shape index (κ2) is 10.6. The molecule has 10 nitrogen and oxygen atoms in total. The first-order chi connectivity index (χ1) is 14.3. The summed E-state index contributed by atoms with van der Waals surface area (Å²) in [5.41, 5.74) is 2.75. The first-order valence-corrected chi connectivity index (χ1v) is 10.8. The van der Waals surface area contributed by atoms with Gasteiger partial charge in [-0.15, -0.1) is 0 Å². The van der Waals surface area contributed by atoms with Crippen molar-refractivity contribution in [3.63, 3.8) is 0 Å². The molecule has 0 spiro atoms. The van der Waals surface area contributed by atoms with Crippen molar-refractivity contribution in [3.8, 4) is 11.5 Å². The highest BCUT2D eigenvalue weighted by Crippen LogP contribution is 2.28. The highest BCUT2D eigenvalue weighted by molar-refractivity contribution is 7.89. The van der Waals surface area contributed by atoms with E-state index in [4.69, 9.17) is 14.6 Å². The van der Waals surface area contributed by atoms with Gasteiger partial charge in [0.05, 0.1) is 29.2 Å². The number of hydrogen-bond donors (Lipinski definition) is 2. The fourth-order valence-corrected chi connectivity index (χ4v) is 2.91. The zero-order chi connectivity index (χ0) is 22.1. The minimum absolute atomic E-state index is 0.0163. The summed E-state index contributed by atoms with van der Waals surface area (Å²) in [7, 11) is -4.06. The lowest BCUT2D eigenvalue weighted by atomic mass is 10.2. The van der Waals surface area contributed by atoms with E-state index < -0.39 is 20.6 Å². The standard InChI is InChI=1S/C19H24N4O6S/c1-3-9-28-15-6-5-14(19(11-15)29-10-4-2)13-21-22-17-8-7-16(30(20,26)27)12-18(17)23(24)25/h5-8,11-13,22H,3-4,9-10H2,1-2H3,(H2,20,26,27)/b21-13+. The van der Waals surface area contributed by atoms with Gasteiger partial charge in [-0.2, -0.15) is 5.10 Å². The molecule has 0 saturated heterocycles. The lowest BCUT2D eigenvalue weighted by Crippen LogP contribution is -2.12. The Labute approximate surface area is 174 Å². The maximum atomic E-state index is 11.4. The summed E-state index contributed by atoms with van der Waals surface area (Å²) in [6.45, 7) is 5.08. The number of nitrogens with two attached hydrogens (primary N) is 1. The van der Waals surface area contributed by atoms with E-state index in [-0.39, 0.29) is 10.6 Å². The molecule has 0 heterocycles. The summed E-state index contributed by atoms with van der Waals surface area (Å²) in [6.07, 6.45) is 3.14. The van der Waals surface area contributed by atoms with E-state index in [2.05, 4.69) is 10.5 Å². The molecule has 3 N–H and O–H groups in total. The zero-order valence-corrected chi connectivity index (χ0v) is 17.5. The average molecular weight is 436 g/mol. The molecule has 0 aliphatic rings. The summed E-state index contributed by atoms with van der Waals surface area (Å²) in [5.74, 6) is 1.23. The lowest BCUT2D eigenvalue weighted by molar-refractivity contribution is -0.384. The molecular weight excluding hydrogens is 412 g/mol. The van der Waals surface area contributed by atoms with Gasteiger partial charge < -0.3 is 9.47 Å².